The van der Waals surface area contributed by atoms with Gasteiger partial charge in [-0.2, -0.15) is 0 Å². The van der Waals surface area contributed by atoms with Gasteiger partial charge in [0.2, 0.25) is 5.88 Å². The molecule has 0 aliphatic carbocycles. The van der Waals surface area contributed by atoms with E-state index in [0.717, 1.165) is 16.4 Å². The molecule has 0 amide bonds. The van der Waals surface area contributed by atoms with Gasteiger partial charge < -0.3 is 4.74 Å². The molecule has 0 aliphatic rings. The van der Waals surface area contributed by atoms with E-state index in [2.05, 4.69) is 24.6 Å². The summed E-state index contributed by atoms with van der Waals surface area (Å²) in [5, 5.41) is 1.02. The van der Waals surface area contributed by atoms with Crippen molar-refractivity contribution >= 4 is 19.2 Å². The quantitative estimate of drug-likeness (QED) is 0.610. The second kappa shape index (κ2) is 5.00. The predicted octanol–water partition coefficient (Wildman–Crippen LogP) is 2.54. The van der Waals surface area contributed by atoms with Crippen LogP contribution < -0.4 is 10.1 Å². The van der Waals surface area contributed by atoms with E-state index < -0.39 is 8.07 Å². The Balaban J connectivity index is 3.44. The third kappa shape index (κ3) is 2.94. The summed E-state index contributed by atoms with van der Waals surface area (Å²) in [4.78, 5) is 16.4. The van der Waals surface area contributed by atoms with E-state index in [1.165, 1.54) is 0 Å². The van der Waals surface area contributed by atoms with Gasteiger partial charge in [0.25, 0.3) is 0 Å². The van der Waals surface area contributed by atoms with Gasteiger partial charge in [-0.3, -0.25) is 4.79 Å². The minimum absolute atomic E-state index is 0.155. The maximum Gasteiger partial charge on any atom is 0.216 e. The Hall–Kier alpha value is -1.16. The van der Waals surface area contributed by atoms with Gasteiger partial charge in [0.1, 0.15) is 8.07 Å². The molecule has 1 heterocycles. The standard InChI is InChI=1S/C13H21NO2Si/c1-7-11(15)10-8-12(17(4,5)6)14-13(16-3)9(10)2/h8H,7H2,1-6H3. The zero-order chi connectivity index (χ0) is 13.2. The van der Waals surface area contributed by atoms with Crippen LogP contribution in [0.2, 0.25) is 19.6 Å². The molecule has 17 heavy (non-hydrogen) atoms. The molecule has 0 atom stereocenters. The normalized spacial score (nSPS) is 11.4. The Morgan fingerprint density at radius 1 is 1.41 bits per heavy atom. The van der Waals surface area contributed by atoms with Crippen LogP contribution >= 0.6 is 0 Å². The van der Waals surface area contributed by atoms with E-state index in [1.807, 2.05) is 19.9 Å². The number of hydrogen-bond acceptors (Lipinski definition) is 3. The van der Waals surface area contributed by atoms with Gasteiger partial charge in [0.05, 0.1) is 7.11 Å². The lowest BCUT2D eigenvalue weighted by atomic mass is 10.1. The maximum atomic E-state index is 11.9. The van der Waals surface area contributed by atoms with E-state index in [4.69, 9.17) is 4.74 Å². The van der Waals surface area contributed by atoms with Crippen molar-refractivity contribution < 1.29 is 9.53 Å². The van der Waals surface area contributed by atoms with E-state index >= 15 is 0 Å². The number of ketones is 1. The third-order valence-corrected chi connectivity index (χ3v) is 4.60. The second-order valence-electron chi connectivity index (χ2n) is 5.22. The number of rotatable bonds is 4. The lowest BCUT2D eigenvalue weighted by Gasteiger charge is -2.19. The van der Waals surface area contributed by atoms with Crippen LogP contribution in [0, 0.1) is 6.92 Å². The lowest BCUT2D eigenvalue weighted by molar-refractivity contribution is 0.0987. The fraction of sp³-hybridized carbons (Fsp3) is 0.538. The first-order chi connectivity index (χ1) is 7.81. The van der Waals surface area contributed by atoms with E-state index in [9.17, 15) is 4.79 Å². The van der Waals surface area contributed by atoms with Gasteiger partial charge in [-0.15, -0.1) is 0 Å². The average Bonchev–Trinajstić information content (AvgIpc) is 2.26. The van der Waals surface area contributed by atoms with Crippen molar-refractivity contribution in [1.82, 2.24) is 4.98 Å². The maximum absolute atomic E-state index is 11.9. The molecule has 94 valence electrons. The fourth-order valence-corrected chi connectivity index (χ4v) is 2.66. The van der Waals surface area contributed by atoms with Crippen LogP contribution in [0.4, 0.5) is 0 Å². The molecule has 0 bridgehead atoms. The molecule has 0 aromatic carbocycles. The Bertz CT molecular complexity index is 436. The van der Waals surface area contributed by atoms with Crippen LogP contribution in [0.3, 0.4) is 0 Å². The Kier molecular flexibility index (Phi) is 4.09. The van der Waals surface area contributed by atoms with Gasteiger partial charge in [0, 0.05) is 22.9 Å². The number of ether oxygens (including phenoxy) is 1. The third-order valence-electron chi connectivity index (χ3n) is 2.81. The first kappa shape index (κ1) is 13.9. The smallest absolute Gasteiger partial charge is 0.216 e. The number of carbonyl (C=O) groups is 1. The fourth-order valence-electron chi connectivity index (χ4n) is 1.65. The molecule has 0 radical (unpaired) electrons. The Labute approximate surface area is 104 Å². The summed E-state index contributed by atoms with van der Waals surface area (Å²) >= 11 is 0. The van der Waals surface area contributed by atoms with Crippen LogP contribution in [-0.4, -0.2) is 26.0 Å². The number of methoxy groups -OCH3 is 1. The van der Waals surface area contributed by atoms with Crippen molar-refractivity contribution in [2.45, 2.75) is 39.9 Å². The summed E-state index contributed by atoms with van der Waals surface area (Å²) in [5.41, 5.74) is 1.61. The molecule has 1 aromatic heterocycles. The molecular formula is C13H21NO2Si. The molecule has 3 nitrogen and oxygen atoms in total. The summed E-state index contributed by atoms with van der Waals surface area (Å²) in [7, 11) is 0.0635. The van der Waals surface area contributed by atoms with Crippen LogP contribution in [-0.2, 0) is 0 Å². The van der Waals surface area contributed by atoms with Crippen molar-refractivity contribution in [3.8, 4) is 5.88 Å². The first-order valence-electron chi connectivity index (χ1n) is 5.90. The molecule has 0 unspecified atom stereocenters. The monoisotopic (exact) mass is 251 g/mol. The van der Waals surface area contributed by atoms with Gasteiger partial charge in [-0.1, -0.05) is 26.6 Å². The first-order valence-corrected chi connectivity index (χ1v) is 9.40. The van der Waals surface area contributed by atoms with Crippen molar-refractivity contribution in [3.63, 3.8) is 0 Å². The molecule has 0 N–H and O–H groups in total. The number of carbonyl (C=O) groups excluding carboxylic acids is 1. The summed E-state index contributed by atoms with van der Waals surface area (Å²) in [5.74, 6) is 0.740. The molecule has 0 spiro atoms. The van der Waals surface area contributed by atoms with Crippen LogP contribution in [0.25, 0.3) is 0 Å². The van der Waals surface area contributed by atoms with Gasteiger partial charge >= 0.3 is 0 Å². The summed E-state index contributed by atoms with van der Waals surface area (Å²) in [6.45, 7) is 10.4. The zero-order valence-corrected chi connectivity index (χ0v) is 12.5. The van der Waals surface area contributed by atoms with Gasteiger partial charge in [-0.25, -0.2) is 4.98 Å². The van der Waals surface area contributed by atoms with Crippen molar-refractivity contribution in [2.24, 2.45) is 0 Å². The number of hydrogen-bond donors (Lipinski definition) is 0. The highest BCUT2D eigenvalue weighted by Gasteiger charge is 2.23. The largest absolute Gasteiger partial charge is 0.481 e. The minimum atomic E-state index is -1.54. The van der Waals surface area contributed by atoms with Crippen LogP contribution in [0.15, 0.2) is 6.07 Å². The highest BCUT2D eigenvalue weighted by Crippen LogP contribution is 2.19. The second-order valence-corrected chi connectivity index (χ2v) is 10.2. The number of pyridine rings is 1. The molecule has 4 heteroatoms. The number of Topliss-reactive ketones (excluding diaryl/α,β-unsaturated/α-hetero) is 1. The Morgan fingerprint density at radius 2 is 2.00 bits per heavy atom. The van der Waals surface area contributed by atoms with Crippen LogP contribution in [0.5, 0.6) is 5.88 Å². The van der Waals surface area contributed by atoms with Crippen molar-refractivity contribution in [1.29, 1.82) is 0 Å². The Morgan fingerprint density at radius 3 is 2.41 bits per heavy atom. The highest BCUT2D eigenvalue weighted by atomic mass is 28.3. The zero-order valence-electron chi connectivity index (χ0n) is 11.5. The van der Waals surface area contributed by atoms with Crippen LogP contribution in [0.1, 0.15) is 29.3 Å². The minimum Gasteiger partial charge on any atom is -0.481 e. The lowest BCUT2D eigenvalue weighted by Crippen LogP contribution is -2.40. The number of aromatic nitrogens is 1. The van der Waals surface area contributed by atoms with Gasteiger partial charge in [0.15, 0.2) is 5.78 Å². The average molecular weight is 251 g/mol. The molecule has 1 aromatic rings. The van der Waals surface area contributed by atoms with Crippen molar-refractivity contribution in [2.75, 3.05) is 7.11 Å². The van der Waals surface area contributed by atoms with E-state index in [0.29, 0.717) is 12.3 Å². The summed E-state index contributed by atoms with van der Waals surface area (Å²) in [6.07, 6.45) is 0.513. The van der Waals surface area contributed by atoms with Crippen molar-refractivity contribution in [3.05, 3.63) is 17.2 Å². The molecule has 0 aliphatic heterocycles. The molecular weight excluding hydrogens is 230 g/mol. The van der Waals surface area contributed by atoms with E-state index in [-0.39, 0.29) is 5.78 Å². The van der Waals surface area contributed by atoms with Gasteiger partial charge in [-0.05, 0) is 13.0 Å². The summed E-state index contributed by atoms with van der Waals surface area (Å²) in [6, 6.07) is 1.95. The molecule has 1 rings (SSSR count). The summed E-state index contributed by atoms with van der Waals surface area (Å²) < 4.78 is 5.28. The number of nitrogens with zero attached hydrogens (tertiary/aromatic N) is 1. The molecule has 0 fully saturated rings. The highest BCUT2D eigenvalue weighted by molar-refractivity contribution is 6.88. The predicted molar refractivity (Wildman–Crippen MR) is 73.1 cm³/mol. The molecule has 0 saturated carbocycles. The molecule has 0 saturated heterocycles. The topological polar surface area (TPSA) is 39.2 Å². The van der Waals surface area contributed by atoms with E-state index in [1.54, 1.807) is 7.11 Å². The SMILES string of the molecule is CCC(=O)c1cc([Si](C)(C)C)nc(OC)c1C.